The fourth-order valence-corrected chi connectivity index (χ4v) is 2.77. The molecule has 0 heterocycles. The summed E-state index contributed by atoms with van der Waals surface area (Å²) < 4.78 is 0. The first kappa shape index (κ1) is 13.0. The van der Waals surface area contributed by atoms with Crippen molar-refractivity contribution in [3.8, 4) is 0 Å². The summed E-state index contributed by atoms with van der Waals surface area (Å²) in [5.74, 6) is 2.05. The van der Waals surface area contributed by atoms with Crippen LogP contribution in [0.3, 0.4) is 0 Å². The summed E-state index contributed by atoms with van der Waals surface area (Å²) in [5.41, 5.74) is 0. The fourth-order valence-electron chi connectivity index (χ4n) is 2.77. The van der Waals surface area contributed by atoms with Gasteiger partial charge in [0.2, 0.25) is 0 Å². The van der Waals surface area contributed by atoms with Gasteiger partial charge in [-0.25, -0.2) is 0 Å². The molecule has 1 nitrogen and oxygen atoms in total. The third-order valence-corrected chi connectivity index (χ3v) is 3.64. The van der Waals surface area contributed by atoms with Crippen LogP contribution < -0.4 is 5.32 Å². The molecule has 1 rings (SSSR count). The van der Waals surface area contributed by atoms with Crippen LogP contribution in [0.4, 0.5) is 0 Å². The van der Waals surface area contributed by atoms with Crippen LogP contribution in [0.15, 0.2) is 0 Å². The molecule has 0 aromatic rings. The zero-order valence-electron chi connectivity index (χ0n) is 10.9. The number of rotatable bonds is 6. The lowest BCUT2D eigenvalue weighted by atomic mass is 9.80. The molecule has 0 spiro atoms. The highest BCUT2D eigenvalue weighted by Gasteiger charge is 2.17. The third-order valence-electron chi connectivity index (χ3n) is 3.64. The number of hydrogen-bond acceptors (Lipinski definition) is 1. The smallest absolute Gasteiger partial charge is 0.00103 e. The molecule has 0 amide bonds. The van der Waals surface area contributed by atoms with Crippen LogP contribution in [0.1, 0.15) is 65.7 Å². The fraction of sp³-hybridized carbons (Fsp3) is 1.00. The molecule has 1 N–H and O–H groups in total. The molecule has 0 aromatic heterocycles. The van der Waals surface area contributed by atoms with E-state index >= 15 is 0 Å². The van der Waals surface area contributed by atoms with Gasteiger partial charge in [-0.2, -0.15) is 0 Å². The van der Waals surface area contributed by atoms with Gasteiger partial charge in [-0.15, -0.1) is 0 Å². The quantitative estimate of drug-likeness (QED) is 0.655. The van der Waals surface area contributed by atoms with Gasteiger partial charge < -0.3 is 5.32 Å². The highest BCUT2D eigenvalue weighted by molar-refractivity contribution is 4.70. The van der Waals surface area contributed by atoms with E-state index in [0.29, 0.717) is 6.04 Å². The molecule has 1 aliphatic rings. The van der Waals surface area contributed by atoms with E-state index in [4.69, 9.17) is 0 Å². The second kappa shape index (κ2) is 7.27. The first-order chi connectivity index (χ1) is 7.18. The summed E-state index contributed by atoms with van der Waals surface area (Å²) in [7, 11) is 0. The van der Waals surface area contributed by atoms with E-state index in [9.17, 15) is 0 Å². The van der Waals surface area contributed by atoms with Gasteiger partial charge in [0.15, 0.2) is 0 Å². The first-order valence-electron chi connectivity index (χ1n) is 6.92. The summed E-state index contributed by atoms with van der Waals surface area (Å²) in [6.07, 6.45) is 10.2. The van der Waals surface area contributed by atoms with Gasteiger partial charge in [0.1, 0.15) is 0 Å². The van der Waals surface area contributed by atoms with Gasteiger partial charge >= 0.3 is 0 Å². The molecular formula is C14H29N. The minimum Gasteiger partial charge on any atom is -0.315 e. The van der Waals surface area contributed by atoms with Crippen molar-refractivity contribution in [2.45, 2.75) is 71.8 Å². The van der Waals surface area contributed by atoms with Crippen molar-refractivity contribution in [1.29, 1.82) is 0 Å². The number of nitrogens with one attached hydrogen (secondary N) is 1. The van der Waals surface area contributed by atoms with Crippen molar-refractivity contribution in [1.82, 2.24) is 5.32 Å². The molecule has 1 fully saturated rings. The SMILES string of the molecule is CC1CCCC(CCCCNC(C)C)C1. The van der Waals surface area contributed by atoms with Gasteiger partial charge in [0.25, 0.3) is 0 Å². The third kappa shape index (κ3) is 6.19. The summed E-state index contributed by atoms with van der Waals surface area (Å²) in [5, 5.41) is 3.49. The zero-order valence-corrected chi connectivity index (χ0v) is 10.9. The minimum absolute atomic E-state index is 0.653. The van der Waals surface area contributed by atoms with Crippen LogP contribution in [0, 0.1) is 11.8 Å². The summed E-state index contributed by atoms with van der Waals surface area (Å²) in [6, 6.07) is 0.653. The lowest BCUT2D eigenvalue weighted by Crippen LogP contribution is -2.23. The maximum absolute atomic E-state index is 3.49. The van der Waals surface area contributed by atoms with Gasteiger partial charge in [-0.3, -0.25) is 0 Å². The maximum atomic E-state index is 3.49. The molecule has 0 saturated heterocycles. The van der Waals surface area contributed by atoms with Crippen LogP contribution in [0.2, 0.25) is 0 Å². The Hall–Kier alpha value is -0.0400. The van der Waals surface area contributed by atoms with Crippen molar-refractivity contribution >= 4 is 0 Å². The molecule has 1 heteroatoms. The lowest BCUT2D eigenvalue weighted by Gasteiger charge is -2.26. The first-order valence-corrected chi connectivity index (χ1v) is 6.92. The summed E-state index contributed by atoms with van der Waals surface area (Å²) in [4.78, 5) is 0. The highest BCUT2D eigenvalue weighted by Crippen LogP contribution is 2.31. The standard InChI is InChI=1S/C14H29N/c1-12(2)15-10-5-4-8-14-9-6-7-13(3)11-14/h12-15H,4-11H2,1-3H3. The highest BCUT2D eigenvalue weighted by atomic mass is 14.9. The monoisotopic (exact) mass is 211 g/mol. The molecule has 90 valence electrons. The second-order valence-electron chi connectivity index (χ2n) is 5.74. The van der Waals surface area contributed by atoms with Crippen LogP contribution >= 0.6 is 0 Å². The van der Waals surface area contributed by atoms with E-state index in [1.165, 1.54) is 51.5 Å². The average Bonchev–Trinajstić information content (AvgIpc) is 2.17. The Morgan fingerprint density at radius 3 is 2.67 bits per heavy atom. The van der Waals surface area contributed by atoms with Crippen molar-refractivity contribution in [2.75, 3.05) is 6.54 Å². The molecule has 2 unspecified atom stereocenters. The minimum atomic E-state index is 0.653. The van der Waals surface area contributed by atoms with Crippen molar-refractivity contribution in [2.24, 2.45) is 11.8 Å². The van der Waals surface area contributed by atoms with Gasteiger partial charge in [-0.1, -0.05) is 52.9 Å². The van der Waals surface area contributed by atoms with Crippen molar-refractivity contribution in [3.05, 3.63) is 0 Å². The van der Waals surface area contributed by atoms with E-state index in [0.717, 1.165) is 11.8 Å². The Balaban J connectivity index is 1.95. The molecule has 0 aliphatic heterocycles. The van der Waals surface area contributed by atoms with Crippen LogP contribution in [0.25, 0.3) is 0 Å². The van der Waals surface area contributed by atoms with E-state index in [1.807, 2.05) is 0 Å². The zero-order chi connectivity index (χ0) is 11.1. The summed E-state index contributed by atoms with van der Waals surface area (Å²) in [6.45, 7) is 8.08. The predicted octanol–water partition coefficient (Wildman–Crippen LogP) is 3.98. The second-order valence-corrected chi connectivity index (χ2v) is 5.74. The molecule has 0 radical (unpaired) electrons. The normalized spacial score (nSPS) is 27.2. The largest absolute Gasteiger partial charge is 0.315 e. The van der Waals surface area contributed by atoms with Gasteiger partial charge in [0, 0.05) is 6.04 Å². The molecule has 1 saturated carbocycles. The molecule has 0 aromatic carbocycles. The molecule has 15 heavy (non-hydrogen) atoms. The molecule has 0 bridgehead atoms. The Morgan fingerprint density at radius 1 is 1.20 bits per heavy atom. The molecular weight excluding hydrogens is 182 g/mol. The Kier molecular flexibility index (Phi) is 6.31. The topological polar surface area (TPSA) is 12.0 Å². The van der Waals surface area contributed by atoms with Crippen LogP contribution in [-0.2, 0) is 0 Å². The summed E-state index contributed by atoms with van der Waals surface area (Å²) >= 11 is 0. The van der Waals surface area contributed by atoms with Crippen LogP contribution in [-0.4, -0.2) is 12.6 Å². The number of hydrogen-bond donors (Lipinski definition) is 1. The molecule has 1 aliphatic carbocycles. The Bertz CT molecular complexity index is 153. The Morgan fingerprint density at radius 2 is 2.00 bits per heavy atom. The maximum Gasteiger partial charge on any atom is 0.00103 e. The average molecular weight is 211 g/mol. The van der Waals surface area contributed by atoms with Gasteiger partial charge in [0.05, 0.1) is 0 Å². The predicted molar refractivity (Wildman–Crippen MR) is 68.1 cm³/mol. The van der Waals surface area contributed by atoms with Gasteiger partial charge in [-0.05, 0) is 31.2 Å². The van der Waals surface area contributed by atoms with E-state index in [2.05, 4.69) is 26.1 Å². The number of unbranched alkanes of at least 4 members (excludes halogenated alkanes) is 1. The van der Waals surface area contributed by atoms with Crippen molar-refractivity contribution in [3.63, 3.8) is 0 Å². The Labute approximate surface area is 96.0 Å². The van der Waals surface area contributed by atoms with Crippen LogP contribution in [0.5, 0.6) is 0 Å². The van der Waals surface area contributed by atoms with E-state index in [-0.39, 0.29) is 0 Å². The van der Waals surface area contributed by atoms with E-state index in [1.54, 1.807) is 0 Å². The lowest BCUT2D eigenvalue weighted by molar-refractivity contribution is 0.264. The van der Waals surface area contributed by atoms with Crippen molar-refractivity contribution < 1.29 is 0 Å². The molecule has 2 atom stereocenters. The van der Waals surface area contributed by atoms with E-state index < -0.39 is 0 Å².